The standard InChI is InChI=1S/C16H24BrNO/c1-4-5-6-7-8-13(3)18-16(19)14-10-9-12(2)15(17)11-14/h9-11,13H,4-8H2,1-3H3,(H,18,19). The van der Waals surface area contributed by atoms with Gasteiger partial charge in [0.25, 0.3) is 5.91 Å². The number of carbonyl (C=O) groups is 1. The highest BCUT2D eigenvalue weighted by Gasteiger charge is 2.10. The van der Waals surface area contributed by atoms with Crippen LogP contribution in [0.5, 0.6) is 0 Å². The minimum absolute atomic E-state index is 0.0173. The Morgan fingerprint density at radius 3 is 2.68 bits per heavy atom. The molecule has 0 saturated carbocycles. The summed E-state index contributed by atoms with van der Waals surface area (Å²) in [6.07, 6.45) is 6.03. The van der Waals surface area contributed by atoms with Crippen LogP contribution in [-0.2, 0) is 0 Å². The number of halogens is 1. The van der Waals surface area contributed by atoms with Gasteiger partial charge in [0.15, 0.2) is 0 Å². The fourth-order valence-electron chi connectivity index (χ4n) is 1.99. The molecule has 0 heterocycles. The average Bonchev–Trinajstić information content (AvgIpc) is 2.38. The van der Waals surface area contributed by atoms with E-state index in [1.54, 1.807) is 0 Å². The lowest BCUT2D eigenvalue weighted by atomic mass is 10.1. The lowest BCUT2D eigenvalue weighted by Crippen LogP contribution is -2.32. The Morgan fingerprint density at radius 1 is 1.32 bits per heavy atom. The lowest BCUT2D eigenvalue weighted by Gasteiger charge is -2.14. The summed E-state index contributed by atoms with van der Waals surface area (Å²) < 4.78 is 0.982. The number of carbonyl (C=O) groups excluding carboxylic acids is 1. The zero-order valence-electron chi connectivity index (χ0n) is 12.1. The van der Waals surface area contributed by atoms with E-state index in [4.69, 9.17) is 0 Å². The zero-order valence-corrected chi connectivity index (χ0v) is 13.7. The summed E-state index contributed by atoms with van der Waals surface area (Å²) in [4.78, 5) is 12.1. The van der Waals surface area contributed by atoms with Crippen molar-refractivity contribution in [1.82, 2.24) is 5.32 Å². The molecule has 3 heteroatoms. The third-order valence-corrected chi connectivity index (χ3v) is 4.16. The minimum atomic E-state index is 0.0173. The van der Waals surface area contributed by atoms with E-state index in [-0.39, 0.29) is 11.9 Å². The third kappa shape index (κ3) is 5.77. The largest absolute Gasteiger partial charge is 0.350 e. The highest BCUT2D eigenvalue weighted by Crippen LogP contribution is 2.17. The van der Waals surface area contributed by atoms with Gasteiger partial charge in [0.2, 0.25) is 0 Å². The molecule has 1 aromatic rings. The molecule has 0 saturated heterocycles. The highest BCUT2D eigenvalue weighted by molar-refractivity contribution is 9.10. The van der Waals surface area contributed by atoms with Crippen LogP contribution in [0.4, 0.5) is 0 Å². The molecule has 1 unspecified atom stereocenters. The van der Waals surface area contributed by atoms with Crippen LogP contribution in [0, 0.1) is 6.92 Å². The Hall–Kier alpha value is -0.830. The summed E-state index contributed by atoms with van der Waals surface area (Å²) in [6, 6.07) is 5.96. The first-order valence-corrected chi connectivity index (χ1v) is 7.91. The SMILES string of the molecule is CCCCCCC(C)NC(=O)c1ccc(C)c(Br)c1. The number of unbranched alkanes of at least 4 members (excludes halogenated alkanes) is 3. The molecule has 0 bridgehead atoms. The molecule has 0 radical (unpaired) electrons. The van der Waals surface area contributed by atoms with Crippen molar-refractivity contribution in [2.75, 3.05) is 0 Å². The molecule has 0 aliphatic heterocycles. The molecular formula is C16H24BrNO. The van der Waals surface area contributed by atoms with E-state index < -0.39 is 0 Å². The zero-order chi connectivity index (χ0) is 14.3. The smallest absolute Gasteiger partial charge is 0.251 e. The summed E-state index contributed by atoms with van der Waals surface area (Å²) in [5.41, 5.74) is 1.86. The van der Waals surface area contributed by atoms with Crippen molar-refractivity contribution < 1.29 is 4.79 Å². The summed E-state index contributed by atoms with van der Waals surface area (Å²) in [5, 5.41) is 3.06. The first-order chi connectivity index (χ1) is 9.04. The van der Waals surface area contributed by atoms with E-state index in [0.717, 1.165) is 22.0 Å². The van der Waals surface area contributed by atoms with E-state index in [2.05, 4.69) is 35.1 Å². The van der Waals surface area contributed by atoms with Gasteiger partial charge < -0.3 is 5.32 Å². The van der Waals surface area contributed by atoms with Crippen LogP contribution in [0.2, 0.25) is 0 Å². The third-order valence-electron chi connectivity index (χ3n) is 3.30. The van der Waals surface area contributed by atoms with Crippen molar-refractivity contribution in [2.45, 2.75) is 58.9 Å². The second-order valence-corrected chi connectivity index (χ2v) is 6.04. The van der Waals surface area contributed by atoms with Crippen molar-refractivity contribution in [3.05, 3.63) is 33.8 Å². The molecule has 1 aromatic carbocycles. The fraction of sp³-hybridized carbons (Fsp3) is 0.562. The normalized spacial score (nSPS) is 12.2. The van der Waals surface area contributed by atoms with Gasteiger partial charge in [0.1, 0.15) is 0 Å². The Kier molecular flexibility index (Phi) is 7.14. The second kappa shape index (κ2) is 8.36. The molecule has 2 nitrogen and oxygen atoms in total. The van der Waals surface area contributed by atoms with Gasteiger partial charge in [-0.05, 0) is 38.0 Å². The molecule has 0 fully saturated rings. The number of nitrogens with one attached hydrogen (secondary N) is 1. The van der Waals surface area contributed by atoms with Gasteiger partial charge in [0.05, 0.1) is 0 Å². The van der Waals surface area contributed by atoms with Gasteiger partial charge in [0, 0.05) is 16.1 Å². The van der Waals surface area contributed by atoms with Crippen LogP contribution in [0.3, 0.4) is 0 Å². The van der Waals surface area contributed by atoms with Crippen molar-refractivity contribution in [3.8, 4) is 0 Å². The molecule has 1 N–H and O–H groups in total. The van der Waals surface area contributed by atoms with Crippen molar-refractivity contribution in [3.63, 3.8) is 0 Å². The van der Waals surface area contributed by atoms with Crippen LogP contribution < -0.4 is 5.32 Å². The Balaban J connectivity index is 2.43. The summed E-state index contributed by atoms with van der Waals surface area (Å²) >= 11 is 3.46. The first kappa shape index (κ1) is 16.2. The van der Waals surface area contributed by atoms with Crippen molar-refractivity contribution in [1.29, 1.82) is 0 Å². The molecule has 0 spiro atoms. The Morgan fingerprint density at radius 2 is 2.05 bits per heavy atom. The van der Waals surface area contributed by atoms with E-state index in [1.807, 2.05) is 25.1 Å². The van der Waals surface area contributed by atoms with Crippen LogP contribution in [0.15, 0.2) is 22.7 Å². The predicted molar refractivity (Wildman–Crippen MR) is 84.6 cm³/mol. The van der Waals surface area contributed by atoms with Gasteiger partial charge in [-0.2, -0.15) is 0 Å². The Bertz CT molecular complexity index is 417. The molecule has 0 aliphatic carbocycles. The predicted octanol–water partition coefficient (Wildman–Crippen LogP) is 4.85. The summed E-state index contributed by atoms with van der Waals surface area (Å²) in [7, 11) is 0. The van der Waals surface area contributed by atoms with E-state index in [1.165, 1.54) is 25.7 Å². The minimum Gasteiger partial charge on any atom is -0.350 e. The van der Waals surface area contributed by atoms with Gasteiger partial charge in [-0.25, -0.2) is 0 Å². The van der Waals surface area contributed by atoms with Gasteiger partial charge in [-0.1, -0.05) is 54.6 Å². The number of rotatable bonds is 7. The van der Waals surface area contributed by atoms with E-state index >= 15 is 0 Å². The molecule has 1 amide bonds. The number of benzene rings is 1. The molecule has 0 aliphatic rings. The van der Waals surface area contributed by atoms with Crippen LogP contribution in [0.1, 0.15) is 61.9 Å². The van der Waals surface area contributed by atoms with Crippen LogP contribution >= 0.6 is 15.9 Å². The monoisotopic (exact) mass is 325 g/mol. The van der Waals surface area contributed by atoms with E-state index in [0.29, 0.717) is 0 Å². The van der Waals surface area contributed by atoms with Crippen molar-refractivity contribution in [2.24, 2.45) is 0 Å². The second-order valence-electron chi connectivity index (χ2n) is 5.19. The summed E-state index contributed by atoms with van der Waals surface area (Å²) in [6.45, 7) is 6.30. The maximum atomic E-state index is 12.1. The Labute approximate surface area is 125 Å². The fourth-order valence-corrected chi connectivity index (χ4v) is 2.37. The molecular weight excluding hydrogens is 302 g/mol. The molecule has 19 heavy (non-hydrogen) atoms. The topological polar surface area (TPSA) is 29.1 Å². The van der Waals surface area contributed by atoms with Gasteiger partial charge in [-0.15, -0.1) is 0 Å². The maximum Gasteiger partial charge on any atom is 0.251 e. The lowest BCUT2D eigenvalue weighted by molar-refractivity contribution is 0.0938. The van der Waals surface area contributed by atoms with Crippen LogP contribution in [-0.4, -0.2) is 11.9 Å². The van der Waals surface area contributed by atoms with Crippen LogP contribution in [0.25, 0.3) is 0 Å². The maximum absolute atomic E-state index is 12.1. The van der Waals surface area contributed by atoms with E-state index in [9.17, 15) is 4.79 Å². The number of aryl methyl sites for hydroxylation is 1. The highest BCUT2D eigenvalue weighted by atomic mass is 79.9. The molecule has 1 atom stereocenters. The average molecular weight is 326 g/mol. The molecule has 106 valence electrons. The van der Waals surface area contributed by atoms with Gasteiger partial charge >= 0.3 is 0 Å². The quantitative estimate of drug-likeness (QED) is 0.713. The summed E-state index contributed by atoms with van der Waals surface area (Å²) in [5.74, 6) is 0.0173. The molecule has 1 rings (SSSR count). The number of amides is 1. The number of hydrogen-bond donors (Lipinski definition) is 1. The number of hydrogen-bond acceptors (Lipinski definition) is 1. The first-order valence-electron chi connectivity index (χ1n) is 7.11. The van der Waals surface area contributed by atoms with Gasteiger partial charge in [-0.3, -0.25) is 4.79 Å². The molecule has 0 aromatic heterocycles. The van der Waals surface area contributed by atoms with Crippen molar-refractivity contribution >= 4 is 21.8 Å².